The largest absolute Gasteiger partial charge is 0.384 e. The van der Waals surface area contributed by atoms with Gasteiger partial charge in [0.15, 0.2) is 0 Å². The zero-order valence-corrected chi connectivity index (χ0v) is 7.69. The molecule has 3 nitrogen and oxygen atoms in total. The predicted molar refractivity (Wildman–Crippen MR) is 44.6 cm³/mol. The maximum absolute atomic E-state index is 11.2. The molecule has 0 aliphatic rings. The molecule has 2 atom stereocenters. The third-order valence-electron chi connectivity index (χ3n) is 1.32. The highest BCUT2D eigenvalue weighted by Crippen LogP contribution is 1.99. The van der Waals surface area contributed by atoms with Crippen molar-refractivity contribution in [2.45, 2.75) is 18.6 Å². The van der Waals surface area contributed by atoms with Crippen LogP contribution in [0.1, 0.15) is 13.3 Å². The molecular weight excluding hydrogens is 162 g/mol. The second-order valence-corrected chi connectivity index (χ2v) is 4.22. The first-order chi connectivity index (χ1) is 5.22. The van der Waals surface area contributed by atoms with Crippen LogP contribution in [0.4, 0.5) is 0 Å². The molecule has 0 saturated heterocycles. The number of nitriles is 1. The number of ether oxygens (including phenoxy) is 1. The maximum Gasteiger partial charge on any atom is 0.0634 e. The van der Waals surface area contributed by atoms with Crippen LogP contribution in [0.5, 0.6) is 0 Å². The molecular formula is C7H13NO2S. The van der Waals surface area contributed by atoms with Crippen molar-refractivity contribution >= 4 is 10.8 Å². The monoisotopic (exact) mass is 175 g/mol. The molecule has 4 heteroatoms. The van der Waals surface area contributed by atoms with Gasteiger partial charge in [-0.05, 0) is 6.92 Å². The summed E-state index contributed by atoms with van der Waals surface area (Å²) in [6.45, 7) is 2.32. The summed E-state index contributed by atoms with van der Waals surface area (Å²) in [6.07, 6.45) is 0.357. The van der Waals surface area contributed by atoms with Crippen LogP contribution in [0, 0.1) is 11.3 Å². The van der Waals surface area contributed by atoms with E-state index in [0.717, 1.165) is 0 Å². The Morgan fingerprint density at radius 3 is 2.82 bits per heavy atom. The zero-order valence-electron chi connectivity index (χ0n) is 6.87. The Kier molecular flexibility index (Phi) is 6.09. The molecule has 0 aliphatic heterocycles. The molecule has 64 valence electrons. The highest BCUT2D eigenvalue weighted by atomic mass is 32.2. The molecule has 0 aromatic carbocycles. The highest BCUT2D eigenvalue weighted by Gasteiger charge is 2.09. The maximum atomic E-state index is 11.2. The molecule has 0 aromatic heterocycles. The summed E-state index contributed by atoms with van der Waals surface area (Å²) >= 11 is 0. The minimum atomic E-state index is -0.912. The van der Waals surface area contributed by atoms with Crippen LogP contribution in [0.15, 0.2) is 0 Å². The number of hydrogen-bond donors (Lipinski definition) is 0. The van der Waals surface area contributed by atoms with Crippen LogP contribution in [-0.2, 0) is 15.5 Å². The Morgan fingerprint density at radius 1 is 1.73 bits per heavy atom. The second-order valence-electron chi connectivity index (χ2n) is 2.25. The number of hydrogen-bond acceptors (Lipinski definition) is 3. The second kappa shape index (κ2) is 6.32. The summed E-state index contributed by atoms with van der Waals surface area (Å²) in [4.78, 5) is 0. The van der Waals surface area contributed by atoms with Gasteiger partial charge in [-0.2, -0.15) is 5.26 Å². The van der Waals surface area contributed by atoms with Crippen LogP contribution in [-0.4, -0.2) is 28.9 Å². The lowest BCUT2D eigenvalue weighted by Crippen LogP contribution is -2.15. The van der Waals surface area contributed by atoms with E-state index in [-0.39, 0.29) is 5.25 Å². The Morgan fingerprint density at radius 2 is 2.36 bits per heavy atom. The van der Waals surface area contributed by atoms with Crippen LogP contribution in [0.25, 0.3) is 0 Å². The third-order valence-corrected chi connectivity index (χ3v) is 2.95. The SMILES string of the molecule is COCCS(=O)C(C)CC#N. The van der Waals surface area contributed by atoms with Crippen LogP contribution < -0.4 is 0 Å². The molecule has 0 N–H and O–H groups in total. The fourth-order valence-electron chi connectivity index (χ4n) is 0.588. The number of nitrogens with zero attached hydrogens (tertiary/aromatic N) is 1. The quantitative estimate of drug-likeness (QED) is 0.617. The minimum absolute atomic E-state index is 0.0323. The standard InChI is InChI=1S/C7H13NO2S/c1-7(3-4-8)11(9)6-5-10-2/h7H,3,5-6H2,1-2H3. The van der Waals surface area contributed by atoms with Crippen molar-refractivity contribution in [3.05, 3.63) is 0 Å². The molecule has 0 amide bonds. The lowest BCUT2D eigenvalue weighted by Gasteiger charge is -2.05. The van der Waals surface area contributed by atoms with Gasteiger partial charge in [-0.15, -0.1) is 0 Å². The average molecular weight is 175 g/mol. The Balaban J connectivity index is 3.57. The topological polar surface area (TPSA) is 50.1 Å². The summed E-state index contributed by atoms with van der Waals surface area (Å²) in [5.41, 5.74) is 0. The van der Waals surface area contributed by atoms with Gasteiger partial charge in [-0.25, -0.2) is 0 Å². The van der Waals surface area contributed by atoms with Crippen molar-refractivity contribution < 1.29 is 8.95 Å². The fourth-order valence-corrected chi connectivity index (χ4v) is 1.58. The van der Waals surface area contributed by atoms with Crippen molar-refractivity contribution in [1.82, 2.24) is 0 Å². The van der Waals surface area contributed by atoms with Crippen LogP contribution >= 0.6 is 0 Å². The highest BCUT2D eigenvalue weighted by molar-refractivity contribution is 7.85. The van der Waals surface area contributed by atoms with E-state index in [4.69, 9.17) is 10.00 Å². The fraction of sp³-hybridized carbons (Fsp3) is 0.857. The first-order valence-electron chi connectivity index (χ1n) is 3.45. The van der Waals surface area contributed by atoms with Gasteiger partial charge >= 0.3 is 0 Å². The summed E-state index contributed by atoms with van der Waals surface area (Å²) in [6, 6.07) is 1.99. The zero-order chi connectivity index (χ0) is 8.69. The van der Waals surface area contributed by atoms with E-state index in [1.54, 1.807) is 7.11 Å². The predicted octanol–water partition coefficient (Wildman–Crippen LogP) is 0.684. The van der Waals surface area contributed by atoms with E-state index in [2.05, 4.69) is 0 Å². The molecule has 0 aromatic rings. The molecule has 0 fully saturated rings. The number of methoxy groups -OCH3 is 1. The lowest BCUT2D eigenvalue weighted by atomic mass is 10.4. The van der Waals surface area contributed by atoms with Gasteiger partial charge in [0.1, 0.15) is 0 Å². The van der Waals surface area contributed by atoms with Gasteiger partial charge in [0.2, 0.25) is 0 Å². The summed E-state index contributed by atoms with van der Waals surface area (Å²) in [5.74, 6) is 0.527. The van der Waals surface area contributed by atoms with Crippen molar-refractivity contribution in [2.75, 3.05) is 19.5 Å². The molecule has 0 radical (unpaired) electrons. The van der Waals surface area contributed by atoms with Crippen molar-refractivity contribution in [1.29, 1.82) is 5.26 Å². The lowest BCUT2D eigenvalue weighted by molar-refractivity contribution is 0.218. The Bertz CT molecular complexity index is 164. The van der Waals surface area contributed by atoms with Gasteiger partial charge in [-0.3, -0.25) is 4.21 Å². The molecule has 0 heterocycles. The normalized spacial score (nSPS) is 15.4. The van der Waals surface area contributed by atoms with E-state index in [1.165, 1.54) is 0 Å². The number of rotatable bonds is 5. The molecule has 0 rings (SSSR count). The van der Waals surface area contributed by atoms with Gasteiger partial charge in [0, 0.05) is 35.3 Å². The van der Waals surface area contributed by atoms with Crippen molar-refractivity contribution in [3.8, 4) is 6.07 Å². The molecule has 0 bridgehead atoms. The molecule has 2 unspecified atom stereocenters. The van der Waals surface area contributed by atoms with Gasteiger partial charge < -0.3 is 4.74 Å². The molecule has 0 saturated carbocycles. The van der Waals surface area contributed by atoms with E-state index in [0.29, 0.717) is 18.8 Å². The summed E-state index contributed by atoms with van der Waals surface area (Å²) < 4.78 is 15.9. The van der Waals surface area contributed by atoms with Gasteiger partial charge in [0.25, 0.3) is 0 Å². The molecule has 11 heavy (non-hydrogen) atoms. The van der Waals surface area contributed by atoms with E-state index in [9.17, 15) is 4.21 Å². The van der Waals surface area contributed by atoms with Crippen molar-refractivity contribution in [2.24, 2.45) is 0 Å². The molecule has 0 aliphatic carbocycles. The third kappa shape index (κ3) is 4.93. The van der Waals surface area contributed by atoms with Crippen LogP contribution in [0.2, 0.25) is 0 Å². The van der Waals surface area contributed by atoms with Gasteiger partial charge in [-0.1, -0.05) is 0 Å². The molecule has 0 spiro atoms. The van der Waals surface area contributed by atoms with Crippen LogP contribution in [0.3, 0.4) is 0 Å². The summed E-state index contributed by atoms with van der Waals surface area (Å²) in [7, 11) is 0.664. The van der Waals surface area contributed by atoms with E-state index >= 15 is 0 Å². The first kappa shape index (κ1) is 10.6. The van der Waals surface area contributed by atoms with E-state index in [1.807, 2.05) is 13.0 Å². The van der Waals surface area contributed by atoms with E-state index < -0.39 is 10.8 Å². The Labute approximate surface area is 69.8 Å². The van der Waals surface area contributed by atoms with Gasteiger partial charge in [0.05, 0.1) is 12.7 Å². The minimum Gasteiger partial charge on any atom is -0.384 e. The average Bonchev–Trinajstić information content (AvgIpc) is 2.00. The first-order valence-corrected chi connectivity index (χ1v) is 4.83. The van der Waals surface area contributed by atoms with Crippen molar-refractivity contribution in [3.63, 3.8) is 0 Å². The Hall–Kier alpha value is -0.400. The smallest absolute Gasteiger partial charge is 0.0634 e. The summed E-state index contributed by atoms with van der Waals surface area (Å²) in [5, 5.41) is 8.26.